The van der Waals surface area contributed by atoms with Gasteiger partial charge in [0.15, 0.2) is 0 Å². The number of piperazine rings is 1. The fourth-order valence-corrected chi connectivity index (χ4v) is 4.59. The molecule has 0 aromatic carbocycles. The van der Waals surface area contributed by atoms with Gasteiger partial charge in [-0.2, -0.15) is 0 Å². The van der Waals surface area contributed by atoms with Gasteiger partial charge in [-0.3, -0.25) is 19.6 Å². The van der Waals surface area contributed by atoms with Crippen LogP contribution in [0.1, 0.15) is 67.7 Å². The van der Waals surface area contributed by atoms with Gasteiger partial charge >= 0.3 is 0 Å². The molecule has 2 unspecified atom stereocenters. The van der Waals surface area contributed by atoms with E-state index in [0.717, 1.165) is 6.04 Å². The molecule has 0 amide bonds. The minimum Gasteiger partial charge on any atom is -0.299 e. The first-order chi connectivity index (χ1) is 12.2. The van der Waals surface area contributed by atoms with Crippen molar-refractivity contribution >= 4 is 0 Å². The van der Waals surface area contributed by atoms with E-state index in [-0.39, 0.29) is 0 Å². The summed E-state index contributed by atoms with van der Waals surface area (Å²) in [6.07, 6.45) is 3.98. The Balaban J connectivity index is 1.72. The minimum absolute atomic E-state index is 0.311. The molecule has 26 heavy (non-hydrogen) atoms. The maximum Gasteiger partial charge on any atom is 0.0125 e. The molecule has 2 aliphatic rings. The van der Waals surface area contributed by atoms with Gasteiger partial charge in [0, 0.05) is 62.9 Å². The largest absolute Gasteiger partial charge is 0.299 e. The lowest BCUT2D eigenvalue weighted by atomic mass is 10.0. The lowest BCUT2D eigenvalue weighted by molar-refractivity contribution is 0.0759. The molecule has 0 aromatic rings. The molecule has 4 nitrogen and oxygen atoms in total. The maximum absolute atomic E-state index is 2.75. The summed E-state index contributed by atoms with van der Waals surface area (Å²) >= 11 is 0. The number of rotatable bonds is 6. The smallest absolute Gasteiger partial charge is 0.0125 e. The van der Waals surface area contributed by atoms with Gasteiger partial charge in [0.25, 0.3) is 0 Å². The van der Waals surface area contributed by atoms with Crippen LogP contribution < -0.4 is 0 Å². The first-order valence-corrected chi connectivity index (χ1v) is 11.2. The molecule has 0 aromatic heterocycles. The molecule has 0 N–H and O–H groups in total. The molecular weight excluding hydrogens is 320 g/mol. The molecule has 2 atom stereocenters. The topological polar surface area (TPSA) is 13.0 Å². The monoisotopic (exact) mass is 366 g/mol. The summed E-state index contributed by atoms with van der Waals surface area (Å²) in [5, 5.41) is 0. The van der Waals surface area contributed by atoms with E-state index >= 15 is 0 Å². The molecule has 2 rings (SSSR count). The van der Waals surface area contributed by atoms with Crippen LogP contribution in [0.25, 0.3) is 0 Å². The van der Waals surface area contributed by atoms with Crippen molar-refractivity contribution in [3.63, 3.8) is 0 Å². The highest BCUT2D eigenvalue weighted by Gasteiger charge is 2.27. The molecule has 0 saturated carbocycles. The van der Waals surface area contributed by atoms with Gasteiger partial charge in [0.05, 0.1) is 0 Å². The van der Waals surface area contributed by atoms with Crippen LogP contribution in [-0.2, 0) is 0 Å². The van der Waals surface area contributed by atoms with Gasteiger partial charge in [-0.05, 0) is 80.8 Å². The Labute approximate surface area is 163 Å². The zero-order valence-corrected chi connectivity index (χ0v) is 18.8. The second-order valence-corrected chi connectivity index (χ2v) is 9.99. The Morgan fingerprint density at radius 3 is 1.58 bits per heavy atom. The molecule has 0 radical (unpaired) electrons. The lowest BCUT2D eigenvalue weighted by Gasteiger charge is -2.40. The number of nitrogens with zero attached hydrogens (tertiary/aromatic N) is 4. The summed E-state index contributed by atoms with van der Waals surface area (Å²) in [5.41, 5.74) is 0.311. The highest BCUT2D eigenvalue weighted by Crippen LogP contribution is 2.19. The van der Waals surface area contributed by atoms with Crippen LogP contribution in [0.3, 0.4) is 0 Å². The van der Waals surface area contributed by atoms with Crippen LogP contribution in [0.5, 0.6) is 0 Å². The molecule has 2 fully saturated rings. The number of hydrogen-bond donors (Lipinski definition) is 0. The Morgan fingerprint density at radius 2 is 1.08 bits per heavy atom. The van der Waals surface area contributed by atoms with Crippen LogP contribution in [0.2, 0.25) is 0 Å². The Kier molecular flexibility index (Phi) is 8.39. The summed E-state index contributed by atoms with van der Waals surface area (Å²) in [7, 11) is 0. The molecule has 4 heteroatoms. The van der Waals surface area contributed by atoms with Crippen molar-refractivity contribution in [1.29, 1.82) is 0 Å². The predicted octanol–water partition coefficient (Wildman–Crippen LogP) is 3.38. The van der Waals surface area contributed by atoms with Crippen molar-refractivity contribution in [2.75, 3.05) is 52.4 Å². The van der Waals surface area contributed by atoms with E-state index in [0.29, 0.717) is 17.6 Å². The van der Waals surface area contributed by atoms with Gasteiger partial charge < -0.3 is 0 Å². The first kappa shape index (κ1) is 22.1. The number of hydrogen-bond acceptors (Lipinski definition) is 4. The average molecular weight is 367 g/mol. The standard InChI is InChI=1S/C22H46N4/c1-19(2)23-13-15-25(16-14-23)21(4)10-9-20(3)24-11-8-12-26(18-17-24)22(5,6)7/h19-21H,8-18H2,1-7H3. The summed E-state index contributed by atoms with van der Waals surface area (Å²) in [6, 6.07) is 2.14. The molecular formula is C22H46N4. The van der Waals surface area contributed by atoms with Gasteiger partial charge in [-0.25, -0.2) is 0 Å². The Bertz CT molecular complexity index is 395. The zero-order valence-electron chi connectivity index (χ0n) is 18.8. The van der Waals surface area contributed by atoms with Gasteiger partial charge in [-0.15, -0.1) is 0 Å². The van der Waals surface area contributed by atoms with Crippen molar-refractivity contribution in [2.45, 2.75) is 91.4 Å². The van der Waals surface area contributed by atoms with E-state index in [1.165, 1.54) is 71.6 Å². The molecule has 0 aliphatic carbocycles. The highest BCUT2D eigenvalue weighted by molar-refractivity contribution is 4.83. The van der Waals surface area contributed by atoms with Crippen molar-refractivity contribution in [3.05, 3.63) is 0 Å². The van der Waals surface area contributed by atoms with Crippen LogP contribution >= 0.6 is 0 Å². The summed E-state index contributed by atoms with van der Waals surface area (Å²) in [4.78, 5) is 10.7. The van der Waals surface area contributed by atoms with Gasteiger partial charge in [-0.1, -0.05) is 0 Å². The Morgan fingerprint density at radius 1 is 0.615 bits per heavy atom. The van der Waals surface area contributed by atoms with Crippen LogP contribution in [0.4, 0.5) is 0 Å². The summed E-state index contributed by atoms with van der Waals surface area (Å²) < 4.78 is 0. The Hall–Kier alpha value is -0.160. The van der Waals surface area contributed by atoms with Crippen molar-refractivity contribution in [3.8, 4) is 0 Å². The molecule has 0 spiro atoms. The average Bonchev–Trinajstić information content (AvgIpc) is 2.85. The van der Waals surface area contributed by atoms with Crippen LogP contribution in [0, 0.1) is 0 Å². The normalized spacial score (nSPS) is 25.4. The summed E-state index contributed by atoms with van der Waals surface area (Å²) in [5.74, 6) is 0. The SMILES string of the molecule is CC(C)N1CCN(C(C)CCC(C)N2CCCN(C(C)(C)C)CC2)CC1. The second-order valence-electron chi connectivity index (χ2n) is 9.99. The van der Waals surface area contributed by atoms with Crippen molar-refractivity contribution in [2.24, 2.45) is 0 Å². The third kappa shape index (κ3) is 6.47. The van der Waals surface area contributed by atoms with Crippen molar-refractivity contribution < 1.29 is 0 Å². The quantitative estimate of drug-likeness (QED) is 0.714. The fourth-order valence-electron chi connectivity index (χ4n) is 4.59. The lowest BCUT2D eigenvalue weighted by Crippen LogP contribution is -2.51. The zero-order chi connectivity index (χ0) is 19.3. The predicted molar refractivity (Wildman–Crippen MR) is 114 cm³/mol. The summed E-state index contributed by atoms with van der Waals surface area (Å²) in [6.45, 7) is 26.6. The first-order valence-electron chi connectivity index (χ1n) is 11.2. The van der Waals surface area contributed by atoms with E-state index in [1.54, 1.807) is 0 Å². The molecule has 2 saturated heterocycles. The van der Waals surface area contributed by atoms with E-state index in [9.17, 15) is 0 Å². The highest BCUT2D eigenvalue weighted by atomic mass is 15.3. The van der Waals surface area contributed by atoms with Crippen molar-refractivity contribution in [1.82, 2.24) is 19.6 Å². The van der Waals surface area contributed by atoms with Crippen LogP contribution in [0.15, 0.2) is 0 Å². The van der Waals surface area contributed by atoms with E-state index < -0.39 is 0 Å². The molecule has 2 heterocycles. The van der Waals surface area contributed by atoms with E-state index in [2.05, 4.69) is 68.1 Å². The fraction of sp³-hybridized carbons (Fsp3) is 1.00. The van der Waals surface area contributed by atoms with E-state index in [4.69, 9.17) is 0 Å². The molecule has 154 valence electrons. The maximum atomic E-state index is 2.75. The molecule has 0 bridgehead atoms. The van der Waals surface area contributed by atoms with E-state index in [1.807, 2.05) is 0 Å². The molecule has 2 aliphatic heterocycles. The van der Waals surface area contributed by atoms with Crippen LogP contribution in [-0.4, -0.2) is 95.6 Å². The third-order valence-electron chi connectivity index (χ3n) is 6.81. The third-order valence-corrected chi connectivity index (χ3v) is 6.81. The second kappa shape index (κ2) is 9.86. The minimum atomic E-state index is 0.311. The van der Waals surface area contributed by atoms with Gasteiger partial charge in [0.1, 0.15) is 0 Å². The van der Waals surface area contributed by atoms with Gasteiger partial charge in [0.2, 0.25) is 0 Å².